The highest BCUT2D eigenvalue weighted by Crippen LogP contribution is 2.31. The Hall–Kier alpha value is -1.22. The summed E-state index contributed by atoms with van der Waals surface area (Å²) >= 11 is 0. The van der Waals surface area contributed by atoms with Crippen LogP contribution in [0.25, 0.3) is 0 Å². The molecule has 0 aromatic carbocycles. The van der Waals surface area contributed by atoms with Crippen LogP contribution in [0.2, 0.25) is 0 Å². The number of hydrogen-bond donors (Lipinski definition) is 2. The van der Waals surface area contributed by atoms with Crippen LogP contribution in [-0.4, -0.2) is 49.2 Å². The second kappa shape index (κ2) is 9.29. The van der Waals surface area contributed by atoms with Crippen molar-refractivity contribution in [1.82, 2.24) is 9.29 Å². The van der Waals surface area contributed by atoms with E-state index in [1.807, 2.05) is 19.1 Å². The summed E-state index contributed by atoms with van der Waals surface area (Å²) in [7, 11) is -3.39. The topological polar surface area (TPSA) is 97.6 Å². The van der Waals surface area contributed by atoms with Crippen molar-refractivity contribution in [3.63, 3.8) is 0 Å². The number of aliphatic hydroxyl groups excluding tert-OH is 1. The SMILES string of the molecule is CCC(O)C1CCC(OCC2C(NS(C)(=O)=O)CCc3ccc(C)c(=O)n32)CC1. The lowest BCUT2D eigenvalue weighted by atomic mass is 9.83. The van der Waals surface area contributed by atoms with Crippen LogP contribution in [0.5, 0.6) is 0 Å². The van der Waals surface area contributed by atoms with Crippen LogP contribution in [0.4, 0.5) is 0 Å². The van der Waals surface area contributed by atoms with Crippen LogP contribution in [-0.2, 0) is 21.2 Å². The number of sulfonamides is 1. The predicted octanol–water partition coefficient (Wildman–Crippen LogP) is 1.91. The Labute approximate surface area is 173 Å². The molecule has 2 N–H and O–H groups in total. The number of rotatable bonds is 7. The lowest BCUT2D eigenvalue weighted by Gasteiger charge is -2.37. The van der Waals surface area contributed by atoms with Crippen molar-refractivity contribution in [3.05, 3.63) is 33.7 Å². The fraction of sp³-hybridized carbons (Fsp3) is 0.762. The van der Waals surface area contributed by atoms with Crippen LogP contribution in [0, 0.1) is 12.8 Å². The molecule has 0 saturated heterocycles. The smallest absolute Gasteiger partial charge is 0.254 e. The molecule has 1 aliphatic heterocycles. The van der Waals surface area contributed by atoms with Gasteiger partial charge < -0.3 is 14.4 Å². The largest absolute Gasteiger partial charge is 0.393 e. The molecule has 0 bridgehead atoms. The average molecular weight is 427 g/mol. The van der Waals surface area contributed by atoms with Crippen molar-refractivity contribution in [2.75, 3.05) is 12.9 Å². The van der Waals surface area contributed by atoms with Gasteiger partial charge in [-0.15, -0.1) is 0 Å². The summed E-state index contributed by atoms with van der Waals surface area (Å²) in [6.07, 6.45) is 6.69. The van der Waals surface area contributed by atoms with E-state index in [1.54, 1.807) is 11.5 Å². The maximum atomic E-state index is 12.8. The molecule has 8 heteroatoms. The summed E-state index contributed by atoms with van der Waals surface area (Å²) in [6.45, 7) is 4.08. The van der Waals surface area contributed by atoms with Gasteiger partial charge in [0.25, 0.3) is 5.56 Å². The van der Waals surface area contributed by atoms with E-state index in [-0.39, 0.29) is 29.9 Å². The maximum absolute atomic E-state index is 12.8. The monoisotopic (exact) mass is 426 g/mol. The van der Waals surface area contributed by atoms with E-state index >= 15 is 0 Å². The molecule has 0 spiro atoms. The molecule has 2 aliphatic rings. The summed E-state index contributed by atoms with van der Waals surface area (Å²) in [5.74, 6) is 0.333. The molecule has 1 aliphatic carbocycles. The summed E-state index contributed by atoms with van der Waals surface area (Å²) in [5.41, 5.74) is 1.49. The molecule has 3 unspecified atom stereocenters. The minimum absolute atomic E-state index is 0.0779. The van der Waals surface area contributed by atoms with E-state index in [4.69, 9.17) is 4.74 Å². The average Bonchev–Trinajstić information content (AvgIpc) is 2.68. The van der Waals surface area contributed by atoms with Gasteiger partial charge in [-0.2, -0.15) is 0 Å². The van der Waals surface area contributed by atoms with Gasteiger partial charge in [0, 0.05) is 17.3 Å². The second-order valence-electron chi connectivity index (χ2n) is 8.63. The van der Waals surface area contributed by atoms with Gasteiger partial charge in [0.15, 0.2) is 0 Å². The lowest BCUT2D eigenvalue weighted by Crippen LogP contribution is -2.49. The Morgan fingerprint density at radius 1 is 1.24 bits per heavy atom. The molecule has 3 atom stereocenters. The quantitative estimate of drug-likeness (QED) is 0.694. The highest BCUT2D eigenvalue weighted by atomic mass is 32.2. The molecular formula is C21H34N2O5S. The molecule has 0 amide bonds. The number of pyridine rings is 1. The van der Waals surface area contributed by atoms with Gasteiger partial charge in [-0.1, -0.05) is 13.0 Å². The first kappa shape index (κ1) is 22.5. The van der Waals surface area contributed by atoms with Crippen LogP contribution >= 0.6 is 0 Å². The van der Waals surface area contributed by atoms with Crippen molar-refractivity contribution < 1.29 is 18.3 Å². The van der Waals surface area contributed by atoms with Gasteiger partial charge in [-0.25, -0.2) is 13.1 Å². The standard InChI is InChI=1S/C21H34N2O5S/c1-4-20(24)15-6-10-17(11-7-15)28-13-19-18(22-29(3,26)27)12-9-16-8-5-14(2)21(25)23(16)19/h5,8,15,17-20,22,24H,4,6-7,9-13H2,1-3H3. The Morgan fingerprint density at radius 2 is 1.93 bits per heavy atom. The third-order valence-electron chi connectivity index (χ3n) is 6.45. The zero-order valence-corrected chi connectivity index (χ0v) is 18.5. The Balaban J connectivity index is 1.74. The first-order valence-electron chi connectivity index (χ1n) is 10.7. The van der Waals surface area contributed by atoms with E-state index in [2.05, 4.69) is 4.72 Å². The summed E-state index contributed by atoms with van der Waals surface area (Å²) in [4.78, 5) is 12.8. The highest BCUT2D eigenvalue weighted by molar-refractivity contribution is 7.88. The van der Waals surface area contributed by atoms with Gasteiger partial charge in [-0.05, 0) is 63.9 Å². The molecule has 1 aromatic rings. The third kappa shape index (κ3) is 5.48. The minimum atomic E-state index is -3.39. The van der Waals surface area contributed by atoms with Crippen LogP contribution in [0.15, 0.2) is 16.9 Å². The van der Waals surface area contributed by atoms with Crippen LogP contribution in [0.3, 0.4) is 0 Å². The molecular weight excluding hydrogens is 392 g/mol. The number of nitrogens with one attached hydrogen (secondary N) is 1. The predicted molar refractivity (Wildman–Crippen MR) is 113 cm³/mol. The molecule has 7 nitrogen and oxygen atoms in total. The Kier molecular flexibility index (Phi) is 7.19. The van der Waals surface area contributed by atoms with Crippen LogP contribution in [0.1, 0.15) is 62.7 Å². The van der Waals surface area contributed by atoms with E-state index in [9.17, 15) is 18.3 Å². The van der Waals surface area contributed by atoms with Crippen molar-refractivity contribution in [2.24, 2.45) is 5.92 Å². The van der Waals surface area contributed by atoms with Gasteiger partial charge >= 0.3 is 0 Å². The zero-order chi connectivity index (χ0) is 21.2. The van der Waals surface area contributed by atoms with Crippen molar-refractivity contribution in [2.45, 2.75) is 83.1 Å². The minimum Gasteiger partial charge on any atom is -0.393 e. The van der Waals surface area contributed by atoms with E-state index in [0.29, 0.717) is 30.9 Å². The molecule has 29 heavy (non-hydrogen) atoms. The van der Waals surface area contributed by atoms with E-state index in [0.717, 1.165) is 44.1 Å². The number of hydrogen-bond acceptors (Lipinski definition) is 5. The maximum Gasteiger partial charge on any atom is 0.254 e. The summed E-state index contributed by atoms with van der Waals surface area (Å²) < 4.78 is 34.4. The lowest BCUT2D eigenvalue weighted by molar-refractivity contribution is -0.0227. The fourth-order valence-corrected chi connectivity index (χ4v) is 5.57. The number of nitrogens with zero attached hydrogens (tertiary/aromatic N) is 1. The molecule has 0 radical (unpaired) electrons. The molecule has 164 valence electrons. The normalized spacial score (nSPS) is 28.7. The van der Waals surface area contributed by atoms with Crippen molar-refractivity contribution >= 4 is 10.0 Å². The second-order valence-corrected chi connectivity index (χ2v) is 10.4. The molecule has 1 fully saturated rings. The summed E-state index contributed by atoms with van der Waals surface area (Å²) in [5, 5.41) is 10.1. The Bertz CT molecular complexity index is 858. The number of ether oxygens (including phenoxy) is 1. The molecule has 3 rings (SSSR count). The van der Waals surface area contributed by atoms with Gasteiger partial charge in [-0.3, -0.25) is 4.79 Å². The number of aryl methyl sites for hydroxylation is 2. The number of aromatic nitrogens is 1. The molecule has 2 heterocycles. The number of aliphatic hydroxyl groups is 1. The first-order chi connectivity index (χ1) is 13.7. The molecule has 1 saturated carbocycles. The van der Waals surface area contributed by atoms with E-state index < -0.39 is 10.0 Å². The Morgan fingerprint density at radius 3 is 2.55 bits per heavy atom. The van der Waals surface area contributed by atoms with Gasteiger partial charge in [0.05, 0.1) is 31.1 Å². The third-order valence-corrected chi connectivity index (χ3v) is 7.18. The first-order valence-corrected chi connectivity index (χ1v) is 12.6. The van der Waals surface area contributed by atoms with Crippen molar-refractivity contribution in [3.8, 4) is 0 Å². The highest BCUT2D eigenvalue weighted by Gasteiger charge is 2.34. The van der Waals surface area contributed by atoms with Crippen molar-refractivity contribution in [1.29, 1.82) is 0 Å². The van der Waals surface area contributed by atoms with Gasteiger partial charge in [0.1, 0.15) is 0 Å². The van der Waals surface area contributed by atoms with Gasteiger partial charge in [0.2, 0.25) is 10.0 Å². The molecule has 1 aromatic heterocycles. The fourth-order valence-electron chi connectivity index (χ4n) is 4.75. The zero-order valence-electron chi connectivity index (χ0n) is 17.6. The van der Waals surface area contributed by atoms with E-state index in [1.165, 1.54) is 0 Å². The summed E-state index contributed by atoms with van der Waals surface area (Å²) in [6, 6.07) is 3.06. The van der Waals surface area contributed by atoms with Crippen LogP contribution < -0.4 is 10.3 Å². The number of fused-ring (bicyclic) bond motifs is 1.